The number of nitrogens with one attached hydrogen (secondary N) is 1. The second-order valence-electron chi connectivity index (χ2n) is 5.86. The third-order valence-electron chi connectivity index (χ3n) is 4.27. The molecule has 0 fully saturated rings. The van der Waals surface area contributed by atoms with Crippen molar-refractivity contribution in [2.24, 2.45) is 4.99 Å². The van der Waals surface area contributed by atoms with Gasteiger partial charge in [0.15, 0.2) is 0 Å². The number of anilines is 1. The molecule has 1 aliphatic rings. The highest BCUT2D eigenvalue weighted by Crippen LogP contribution is 2.37. The van der Waals surface area contributed by atoms with Gasteiger partial charge in [-0.2, -0.15) is 0 Å². The molecule has 1 aliphatic heterocycles. The summed E-state index contributed by atoms with van der Waals surface area (Å²) in [7, 11) is 0. The molecule has 2 nitrogen and oxygen atoms in total. The highest BCUT2D eigenvalue weighted by molar-refractivity contribution is 9.10. The molecule has 1 unspecified atom stereocenters. The van der Waals surface area contributed by atoms with E-state index in [9.17, 15) is 0 Å². The Labute approximate surface area is 150 Å². The molecule has 1 heterocycles. The van der Waals surface area contributed by atoms with Gasteiger partial charge in [-0.1, -0.05) is 76.6 Å². The maximum absolute atomic E-state index is 4.95. The summed E-state index contributed by atoms with van der Waals surface area (Å²) in [6.07, 6.45) is 0.835. The van der Waals surface area contributed by atoms with Crippen LogP contribution < -0.4 is 5.32 Å². The van der Waals surface area contributed by atoms with Gasteiger partial charge < -0.3 is 5.32 Å². The number of nitrogens with zero attached hydrogens (tertiary/aromatic N) is 1. The number of benzene rings is 3. The lowest BCUT2D eigenvalue weighted by molar-refractivity contribution is 0.824. The zero-order valence-corrected chi connectivity index (χ0v) is 14.7. The van der Waals surface area contributed by atoms with Gasteiger partial charge in [0.2, 0.25) is 0 Å². The zero-order chi connectivity index (χ0) is 16.4. The topological polar surface area (TPSA) is 24.4 Å². The van der Waals surface area contributed by atoms with E-state index >= 15 is 0 Å². The average Bonchev–Trinajstić information content (AvgIpc) is 2.82. The highest BCUT2D eigenvalue weighted by Gasteiger charge is 2.22. The van der Waals surface area contributed by atoms with Crippen LogP contribution >= 0.6 is 15.9 Å². The van der Waals surface area contributed by atoms with Crippen LogP contribution in [0, 0.1) is 0 Å². The molecule has 0 amide bonds. The van der Waals surface area contributed by atoms with Crippen LogP contribution in [0.15, 0.2) is 88.3 Å². The predicted molar refractivity (Wildman–Crippen MR) is 104 cm³/mol. The molecule has 0 aliphatic carbocycles. The van der Waals surface area contributed by atoms with Crippen molar-refractivity contribution >= 4 is 33.0 Å². The zero-order valence-electron chi connectivity index (χ0n) is 13.1. The van der Waals surface area contributed by atoms with E-state index in [4.69, 9.17) is 4.99 Å². The van der Waals surface area contributed by atoms with Gasteiger partial charge in [0.05, 0.1) is 23.1 Å². The summed E-state index contributed by atoms with van der Waals surface area (Å²) in [5, 5.41) is 3.67. The smallest absolute Gasteiger partial charge is 0.0864 e. The number of hydrogen-bond donors (Lipinski definition) is 1. The van der Waals surface area contributed by atoms with Crippen LogP contribution in [-0.2, 0) is 0 Å². The van der Waals surface area contributed by atoms with Crippen LogP contribution in [0.1, 0.15) is 23.6 Å². The van der Waals surface area contributed by atoms with E-state index < -0.39 is 0 Å². The first-order chi connectivity index (χ1) is 11.8. The first-order valence-electron chi connectivity index (χ1n) is 8.04. The fourth-order valence-corrected chi connectivity index (χ4v) is 3.64. The summed E-state index contributed by atoms with van der Waals surface area (Å²) >= 11 is 3.69. The van der Waals surface area contributed by atoms with Crippen molar-refractivity contribution in [2.75, 3.05) is 5.32 Å². The number of aliphatic imine (C=N–C) groups is 1. The lowest BCUT2D eigenvalue weighted by atomic mass is 9.97. The Hall–Kier alpha value is -2.39. The Morgan fingerprint density at radius 1 is 0.833 bits per heavy atom. The lowest BCUT2D eigenvalue weighted by Gasteiger charge is -2.20. The summed E-state index contributed by atoms with van der Waals surface area (Å²) < 4.78 is 1.12. The molecule has 0 saturated carbocycles. The van der Waals surface area contributed by atoms with E-state index in [0.717, 1.165) is 28.0 Å². The largest absolute Gasteiger partial charge is 0.376 e. The van der Waals surface area contributed by atoms with Crippen LogP contribution in [0.4, 0.5) is 11.4 Å². The number of para-hydroxylation sites is 2. The molecule has 3 aromatic rings. The van der Waals surface area contributed by atoms with E-state index in [1.54, 1.807) is 0 Å². The molecule has 0 saturated heterocycles. The van der Waals surface area contributed by atoms with Crippen molar-refractivity contribution in [3.05, 3.63) is 94.5 Å². The minimum Gasteiger partial charge on any atom is -0.376 e. The number of rotatable bonds is 2. The summed E-state index contributed by atoms with van der Waals surface area (Å²) in [5.41, 5.74) is 5.59. The van der Waals surface area contributed by atoms with Crippen LogP contribution in [0.2, 0.25) is 0 Å². The molecule has 0 aromatic heterocycles. The molecule has 24 heavy (non-hydrogen) atoms. The monoisotopic (exact) mass is 376 g/mol. The van der Waals surface area contributed by atoms with Crippen molar-refractivity contribution in [3.8, 4) is 0 Å². The van der Waals surface area contributed by atoms with Crippen molar-refractivity contribution in [1.29, 1.82) is 0 Å². The molecule has 3 aromatic carbocycles. The fourth-order valence-electron chi connectivity index (χ4n) is 3.07. The van der Waals surface area contributed by atoms with Gasteiger partial charge in [-0.3, -0.25) is 4.99 Å². The number of hydrogen-bond acceptors (Lipinski definition) is 2. The van der Waals surface area contributed by atoms with Crippen molar-refractivity contribution in [3.63, 3.8) is 0 Å². The van der Waals surface area contributed by atoms with E-state index in [1.807, 2.05) is 24.3 Å². The highest BCUT2D eigenvalue weighted by atomic mass is 79.9. The quantitative estimate of drug-likeness (QED) is 0.571. The average molecular weight is 377 g/mol. The molecule has 1 N–H and O–H groups in total. The third-order valence-corrected chi connectivity index (χ3v) is 5.00. The summed E-state index contributed by atoms with van der Waals surface area (Å²) in [5.74, 6) is 0. The molecule has 118 valence electrons. The lowest BCUT2D eigenvalue weighted by Crippen LogP contribution is -2.15. The van der Waals surface area contributed by atoms with Gasteiger partial charge in [-0.05, 0) is 29.3 Å². The first-order valence-corrected chi connectivity index (χ1v) is 8.83. The number of halogens is 1. The van der Waals surface area contributed by atoms with Crippen LogP contribution in [-0.4, -0.2) is 5.71 Å². The molecule has 0 bridgehead atoms. The van der Waals surface area contributed by atoms with E-state index in [1.165, 1.54) is 11.1 Å². The molecule has 4 rings (SSSR count). The SMILES string of the molecule is Brc1ccccc1C1CC(c2ccccc2)=Nc2ccccc2N1. The standard InChI is InChI=1S/C21H17BrN2/c22-17-11-5-4-10-16(17)21-14-20(15-8-2-1-3-9-15)23-18-12-6-7-13-19(18)24-21/h1-13,21,24H,14H2. The molecule has 1 atom stereocenters. The van der Waals surface area contributed by atoms with E-state index in [2.05, 4.69) is 75.8 Å². The van der Waals surface area contributed by atoms with E-state index in [0.29, 0.717) is 0 Å². The normalized spacial score (nSPS) is 16.5. The van der Waals surface area contributed by atoms with Gasteiger partial charge in [0.1, 0.15) is 0 Å². The minimum absolute atomic E-state index is 0.170. The van der Waals surface area contributed by atoms with Gasteiger partial charge in [-0.15, -0.1) is 0 Å². The van der Waals surface area contributed by atoms with Crippen LogP contribution in [0.3, 0.4) is 0 Å². The fraction of sp³-hybridized carbons (Fsp3) is 0.0952. The Bertz CT molecular complexity index is 887. The van der Waals surface area contributed by atoms with Crippen molar-refractivity contribution < 1.29 is 0 Å². The van der Waals surface area contributed by atoms with Crippen LogP contribution in [0.5, 0.6) is 0 Å². The second-order valence-corrected chi connectivity index (χ2v) is 6.72. The number of fused-ring (bicyclic) bond motifs is 1. The molecule has 3 heteroatoms. The Morgan fingerprint density at radius 2 is 1.54 bits per heavy atom. The van der Waals surface area contributed by atoms with Gasteiger partial charge in [0.25, 0.3) is 0 Å². The van der Waals surface area contributed by atoms with Crippen LogP contribution in [0.25, 0.3) is 0 Å². The molecule has 0 spiro atoms. The summed E-state index contributed by atoms with van der Waals surface area (Å²) in [6, 6.07) is 27.2. The minimum atomic E-state index is 0.170. The maximum Gasteiger partial charge on any atom is 0.0864 e. The van der Waals surface area contributed by atoms with Gasteiger partial charge >= 0.3 is 0 Å². The summed E-state index contributed by atoms with van der Waals surface area (Å²) in [6.45, 7) is 0. The van der Waals surface area contributed by atoms with E-state index in [-0.39, 0.29) is 6.04 Å². The van der Waals surface area contributed by atoms with Crippen molar-refractivity contribution in [1.82, 2.24) is 0 Å². The summed E-state index contributed by atoms with van der Waals surface area (Å²) in [4.78, 5) is 4.95. The van der Waals surface area contributed by atoms with Crippen molar-refractivity contribution in [2.45, 2.75) is 12.5 Å². The maximum atomic E-state index is 4.95. The Balaban J connectivity index is 1.83. The second kappa shape index (κ2) is 6.62. The van der Waals surface area contributed by atoms with Gasteiger partial charge in [0, 0.05) is 10.9 Å². The first kappa shape index (κ1) is 15.2. The molecular weight excluding hydrogens is 360 g/mol. The molecular formula is C21H17BrN2. The molecule has 0 radical (unpaired) electrons. The third kappa shape index (κ3) is 3.00. The Kier molecular flexibility index (Phi) is 4.18. The Morgan fingerprint density at radius 3 is 2.38 bits per heavy atom. The predicted octanol–water partition coefficient (Wildman–Crippen LogP) is 6.13. The van der Waals surface area contributed by atoms with Gasteiger partial charge in [-0.25, -0.2) is 0 Å².